The molecule has 3 aromatic carbocycles. The van der Waals surface area contributed by atoms with E-state index in [1.54, 1.807) is 73.8 Å². The van der Waals surface area contributed by atoms with Crippen LogP contribution < -0.4 is 35.0 Å². The fraction of sp³-hybridized carbons (Fsp3) is 0.115. The molecule has 0 fully saturated rings. The number of hydrogen-bond acceptors (Lipinski definition) is 7. The van der Waals surface area contributed by atoms with Crippen LogP contribution in [0.1, 0.15) is 10.5 Å². The number of fused-ring (bicyclic) bond motifs is 2. The smallest absolute Gasteiger partial charge is 0.328 e. The van der Waals surface area contributed by atoms with Crippen LogP contribution in [-0.4, -0.2) is 43.4 Å². The Bertz CT molecular complexity index is 1510. The lowest BCUT2D eigenvalue weighted by atomic mass is 10.2. The maximum Gasteiger partial charge on any atom is 0.328 e. The minimum atomic E-state index is -1.00. The number of carbonyl (C=O) groups excluding carboxylic acids is 3. The summed E-state index contributed by atoms with van der Waals surface area (Å²) in [4.78, 5) is 38.8. The lowest BCUT2D eigenvalue weighted by Gasteiger charge is -2.14. The molecule has 0 saturated carbocycles. The number of ether oxygens (including phenoxy) is 4. The number of amides is 3. The Morgan fingerprint density at radius 1 is 0.811 bits per heavy atom. The monoisotopic (exact) mass is 502 g/mol. The molecule has 11 heteroatoms. The molecule has 4 aromatic rings. The van der Waals surface area contributed by atoms with E-state index in [-0.39, 0.29) is 12.5 Å². The predicted octanol–water partition coefficient (Wildman–Crippen LogP) is 3.35. The highest BCUT2D eigenvalue weighted by Gasteiger charge is 2.23. The van der Waals surface area contributed by atoms with Crippen molar-refractivity contribution in [2.24, 2.45) is 0 Å². The molecule has 0 radical (unpaired) electrons. The van der Waals surface area contributed by atoms with Gasteiger partial charge in [-0.05, 0) is 48.5 Å². The Balaban J connectivity index is 1.42. The van der Waals surface area contributed by atoms with Gasteiger partial charge in [-0.3, -0.25) is 19.8 Å². The van der Waals surface area contributed by atoms with Crippen LogP contribution in [-0.2, 0) is 9.59 Å². The molecule has 1 aromatic heterocycles. The highest BCUT2D eigenvalue weighted by atomic mass is 16.7. The molecule has 1 aliphatic rings. The summed E-state index contributed by atoms with van der Waals surface area (Å²) in [5.41, 5.74) is 3.87. The first-order valence-corrected chi connectivity index (χ1v) is 11.1. The van der Waals surface area contributed by atoms with Crippen molar-refractivity contribution in [1.82, 2.24) is 4.68 Å². The van der Waals surface area contributed by atoms with Gasteiger partial charge in [0.05, 0.1) is 14.2 Å². The van der Waals surface area contributed by atoms with Gasteiger partial charge in [-0.15, -0.1) is 0 Å². The van der Waals surface area contributed by atoms with Gasteiger partial charge in [0.1, 0.15) is 22.7 Å². The standard InChI is InChI=1S/C26H22N4O7/c1-34-18-9-6-16(7-10-18)27-24(31)19-12-15-4-3-5-21(35-2)23(15)30(19)29-26(33)25(32)28-17-8-11-20-22(13-17)37-14-36-20/h3-13H,14H2,1-2H3,(H,27,31)(H,28,32)(H,29,33). The number of aromatic nitrogens is 1. The second kappa shape index (κ2) is 9.82. The van der Waals surface area contributed by atoms with Crippen molar-refractivity contribution in [3.05, 3.63) is 72.4 Å². The van der Waals surface area contributed by atoms with Gasteiger partial charge >= 0.3 is 11.8 Å². The second-order valence-electron chi connectivity index (χ2n) is 7.91. The Labute approximate surface area is 210 Å². The molecule has 11 nitrogen and oxygen atoms in total. The van der Waals surface area contributed by atoms with Gasteiger partial charge in [-0.25, -0.2) is 4.68 Å². The number of hydrogen-bond donors (Lipinski definition) is 3. The van der Waals surface area contributed by atoms with Crippen LogP contribution >= 0.6 is 0 Å². The minimum Gasteiger partial charge on any atom is -0.497 e. The van der Waals surface area contributed by atoms with Gasteiger partial charge in [0.25, 0.3) is 5.91 Å². The van der Waals surface area contributed by atoms with Crippen LogP contribution in [0.3, 0.4) is 0 Å². The molecule has 0 unspecified atom stereocenters. The van der Waals surface area contributed by atoms with Crippen molar-refractivity contribution in [1.29, 1.82) is 0 Å². The van der Waals surface area contributed by atoms with Crippen LogP contribution in [0, 0.1) is 0 Å². The van der Waals surface area contributed by atoms with Gasteiger partial charge in [0.2, 0.25) is 6.79 Å². The summed E-state index contributed by atoms with van der Waals surface area (Å²) < 4.78 is 22.4. The quantitative estimate of drug-likeness (QED) is 0.345. The second-order valence-corrected chi connectivity index (χ2v) is 7.91. The van der Waals surface area contributed by atoms with Crippen LogP contribution in [0.4, 0.5) is 11.4 Å². The van der Waals surface area contributed by atoms with E-state index in [1.807, 2.05) is 0 Å². The molecule has 0 bridgehead atoms. The molecular weight excluding hydrogens is 480 g/mol. The highest BCUT2D eigenvalue weighted by molar-refractivity contribution is 6.42. The zero-order chi connectivity index (χ0) is 25.9. The van der Waals surface area contributed by atoms with Gasteiger partial charge in [0, 0.05) is 22.8 Å². The zero-order valence-corrected chi connectivity index (χ0v) is 19.9. The number of anilines is 2. The molecule has 37 heavy (non-hydrogen) atoms. The van der Waals surface area contributed by atoms with Crippen molar-refractivity contribution in [2.45, 2.75) is 0 Å². The molecule has 1 aliphatic heterocycles. The molecule has 0 spiro atoms. The van der Waals surface area contributed by atoms with Crippen molar-refractivity contribution < 1.29 is 33.3 Å². The normalized spacial score (nSPS) is 11.6. The average Bonchev–Trinajstić information content (AvgIpc) is 3.53. The Morgan fingerprint density at radius 2 is 1.57 bits per heavy atom. The minimum absolute atomic E-state index is 0.0805. The van der Waals surface area contributed by atoms with E-state index in [2.05, 4.69) is 16.1 Å². The molecular formula is C26H22N4O7. The number of carbonyl (C=O) groups is 3. The number of para-hydroxylation sites is 1. The van der Waals surface area contributed by atoms with Gasteiger partial charge < -0.3 is 29.6 Å². The number of methoxy groups -OCH3 is 2. The lowest BCUT2D eigenvalue weighted by molar-refractivity contribution is -0.133. The SMILES string of the molecule is COc1ccc(NC(=O)c2cc3cccc(OC)c3n2NC(=O)C(=O)Nc2ccc3c(c2)OCO3)cc1. The van der Waals surface area contributed by atoms with Gasteiger partial charge in [0.15, 0.2) is 11.5 Å². The van der Waals surface area contributed by atoms with Crippen molar-refractivity contribution in [3.63, 3.8) is 0 Å². The maximum atomic E-state index is 13.2. The Morgan fingerprint density at radius 3 is 2.32 bits per heavy atom. The number of benzene rings is 3. The molecule has 0 atom stereocenters. The lowest BCUT2D eigenvalue weighted by Crippen LogP contribution is -2.36. The third kappa shape index (κ3) is 4.69. The first-order valence-electron chi connectivity index (χ1n) is 11.1. The molecule has 3 amide bonds. The van der Waals surface area contributed by atoms with Gasteiger partial charge in [-0.1, -0.05) is 12.1 Å². The molecule has 0 aliphatic carbocycles. The van der Waals surface area contributed by atoms with E-state index in [4.69, 9.17) is 18.9 Å². The Hall–Kier alpha value is -5.19. The molecule has 188 valence electrons. The third-order valence-electron chi connectivity index (χ3n) is 5.64. The summed E-state index contributed by atoms with van der Waals surface area (Å²) in [6, 6.07) is 18.3. The molecule has 5 rings (SSSR count). The van der Waals surface area contributed by atoms with E-state index in [0.717, 1.165) is 0 Å². The summed E-state index contributed by atoms with van der Waals surface area (Å²) in [7, 11) is 3.02. The first-order chi connectivity index (χ1) is 18.0. The van der Waals surface area contributed by atoms with E-state index in [9.17, 15) is 14.4 Å². The third-order valence-corrected chi connectivity index (χ3v) is 5.64. The number of rotatable bonds is 6. The van der Waals surface area contributed by atoms with Crippen LogP contribution in [0.2, 0.25) is 0 Å². The van der Waals surface area contributed by atoms with E-state index >= 15 is 0 Å². The zero-order valence-electron chi connectivity index (χ0n) is 19.9. The van der Waals surface area contributed by atoms with E-state index in [0.29, 0.717) is 45.3 Å². The predicted molar refractivity (Wildman–Crippen MR) is 135 cm³/mol. The summed E-state index contributed by atoms with van der Waals surface area (Å²) in [5, 5.41) is 5.92. The topological polar surface area (TPSA) is 129 Å². The fourth-order valence-electron chi connectivity index (χ4n) is 3.86. The van der Waals surface area contributed by atoms with Crippen LogP contribution in [0.25, 0.3) is 10.9 Å². The van der Waals surface area contributed by atoms with Crippen LogP contribution in [0.15, 0.2) is 66.7 Å². The summed E-state index contributed by atoms with van der Waals surface area (Å²) >= 11 is 0. The average molecular weight is 502 g/mol. The Kier molecular flexibility index (Phi) is 6.25. The summed E-state index contributed by atoms with van der Waals surface area (Å²) in [5.74, 6) is -0.427. The van der Waals surface area contributed by atoms with Crippen LogP contribution in [0.5, 0.6) is 23.0 Å². The largest absolute Gasteiger partial charge is 0.497 e. The van der Waals surface area contributed by atoms with Crippen molar-refractivity contribution in [3.8, 4) is 23.0 Å². The maximum absolute atomic E-state index is 13.2. The van der Waals surface area contributed by atoms with Crippen molar-refractivity contribution >= 4 is 40.0 Å². The molecule has 3 N–H and O–H groups in total. The summed E-state index contributed by atoms with van der Waals surface area (Å²) in [6.45, 7) is 0.0805. The number of nitrogens with zero attached hydrogens (tertiary/aromatic N) is 1. The number of nitrogens with one attached hydrogen (secondary N) is 3. The van der Waals surface area contributed by atoms with E-state index in [1.165, 1.54) is 11.8 Å². The fourth-order valence-corrected chi connectivity index (χ4v) is 3.86. The molecule has 2 heterocycles. The van der Waals surface area contributed by atoms with Crippen molar-refractivity contribution in [2.75, 3.05) is 37.1 Å². The van der Waals surface area contributed by atoms with Gasteiger partial charge in [-0.2, -0.15) is 0 Å². The van der Waals surface area contributed by atoms with E-state index < -0.39 is 17.7 Å². The summed E-state index contributed by atoms with van der Waals surface area (Å²) in [6.07, 6.45) is 0. The first kappa shape index (κ1) is 23.5. The molecule has 0 saturated heterocycles. The highest BCUT2D eigenvalue weighted by Crippen LogP contribution is 2.34.